The largest absolute Gasteiger partial charge is 0.324 e. The molecule has 0 heterocycles. The van der Waals surface area contributed by atoms with E-state index in [9.17, 15) is 0 Å². The molecule has 1 nitrogen and oxygen atoms in total. The number of hydrogen-bond acceptors (Lipinski definition) is 2. The van der Waals surface area contributed by atoms with Crippen LogP contribution < -0.4 is 5.73 Å². The second kappa shape index (κ2) is 5.06. The third kappa shape index (κ3) is 2.91. The van der Waals surface area contributed by atoms with Crippen LogP contribution in [0.5, 0.6) is 0 Å². The van der Waals surface area contributed by atoms with Crippen molar-refractivity contribution in [3.63, 3.8) is 0 Å². The van der Waals surface area contributed by atoms with Gasteiger partial charge in [-0.05, 0) is 19.1 Å². The topological polar surface area (TPSA) is 26.0 Å². The van der Waals surface area contributed by atoms with Gasteiger partial charge in [-0.1, -0.05) is 31.5 Å². The molecule has 14 heavy (non-hydrogen) atoms. The van der Waals surface area contributed by atoms with E-state index in [0.717, 1.165) is 10.6 Å². The normalized spacial score (nSPS) is 13.3. The van der Waals surface area contributed by atoms with Gasteiger partial charge >= 0.3 is 0 Å². The molecule has 0 saturated heterocycles. The number of rotatable bonds is 3. The Labute approximate surface area is 95.0 Å². The maximum absolute atomic E-state index is 6.11. The van der Waals surface area contributed by atoms with E-state index in [-0.39, 0.29) is 6.04 Å². The average Bonchev–Trinajstić information content (AvgIpc) is 2.01. The molecule has 0 aliphatic rings. The van der Waals surface area contributed by atoms with Gasteiger partial charge in [0, 0.05) is 26.8 Å². The lowest BCUT2D eigenvalue weighted by Gasteiger charge is -2.15. The van der Waals surface area contributed by atoms with Crippen molar-refractivity contribution in [3.05, 3.63) is 28.8 Å². The zero-order valence-corrected chi connectivity index (χ0v) is 10.3. The maximum Gasteiger partial charge on any atom is 0.0464 e. The first-order chi connectivity index (χ1) is 6.52. The SMILES string of the molecule is CC(C)Sc1cccc(Cl)c1[C@H](C)N. The Bertz CT molecular complexity index is 310. The van der Waals surface area contributed by atoms with Crippen molar-refractivity contribution in [2.75, 3.05) is 0 Å². The molecule has 0 aromatic heterocycles. The van der Waals surface area contributed by atoms with E-state index >= 15 is 0 Å². The van der Waals surface area contributed by atoms with Gasteiger partial charge in [0.1, 0.15) is 0 Å². The fourth-order valence-corrected chi connectivity index (χ4v) is 2.81. The molecule has 0 spiro atoms. The Hall–Kier alpha value is -0.180. The Morgan fingerprint density at radius 1 is 1.29 bits per heavy atom. The Kier molecular flexibility index (Phi) is 4.30. The molecule has 0 fully saturated rings. The lowest BCUT2D eigenvalue weighted by Crippen LogP contribution is -2.07. The van der Waals surface area contributed by atoms with Crippen LogP contribution in [0.1, 0.15) is 32.4 Å². The van der Waals surface area contributed by atoms with Gasteiger partial charge in [0.05, 0.1) is 0 Å². The van der Waals surface area contributed by atoms with Gasteiger partial charge in [-0.15, -0.1) is 11.8 Å². The zero-order chi connectivity index (χ0) is 10.7. The third-order valence-corrected chi connectivity index (χ3v) is 3.24. The van der Waals surface area contributed by atoms with Gasteiger partial charge in [0.2, 0.25) is 0 Å². The summed E-state index contributed by atoms with van der Waals surface area (Å²) >= 11 is 7.92. The van der Waals surface area contributed by atoms with Gasteiger partial charge in [0.15, 0.2) is 0 Å². The Balaban J connectivity index is 3.08. The fourth-order valence-electron chi connectivity index (χ4n) is 1.32. The van der Waals surface area contributed by atoms with Crippen molar-refractivity contribution in [3.8, 4) is 0 Å². The minimum atomic E-state index is -0.00931. The van der Waals surface area contributed by atoms with E-state index in [2.05, 4.69) is 19.9 Å². The van der Waals surface area contributed by atoms with E-state index < -0.39 is 0 Å². The molecule has 0 unspecified atom stereocenters. The minimum absolute atomic E-state index is 0.00931. The number of hydrogen-bond donors (Lipinski definition) is 1. The van der Waals surface area contributed by atoms with Crippen molar-refractivity contribution < 1.29 is 0 Å². The lowest BCUT2D eigenvalue weighted by atomic mass is 10.1. The third-order valence-electron chi connectivity index (χ3n) is 1.83. The van der Waals surface area contributed by atoms with Crippen molar-refractivity contribution in [2.45, 2.75) is 37.0 Å². The summed E-state index contributed by atoms with van der Waals surface area (Å²) in [4.78, 5) is 1.20. The van der Waals surface area contributed by atoms with Gasteiger partial charge in [0.25, 0.3) is 0 Å². The molecule has 1 rings (SSSR count). The van der Waals surface area contributed by atoms with Gasteiger partial charge in [-0.25, -0.2) is 0 Å². The van der Waals surface area contributed by atoms with Crippen LogP contribution in [-0.4, -0.2) is 5.25 Å². The van der Waals surface area contributed by atoms with Gasteiger partial charge in [-0.3, -0.25) is 0 Å². The Morgan fingerprint density at radius 2 is 1.93 bits per heavy atom. The summed E-state index contributed by atoms with van der Waals surface area (Å²) in [6.45, 7) is 6.29. The molecule has 1 aromatic rings. The van der Waals surface area contributed by atoms with Crippen LogP contribution in [0.25, 0.3) is 0 Å². The van der Waals surface area contributed by atoms with E-state index in [4.69, 9.17) is 17.3 Å². The molecule has 0 aliphatic carbocycles. The Morgan fingerprint density at radius 3 is 2.43 bits per heavy atom. The lowest BCUT2D eigenvalue weighted by molar-refractivity contribution is 0.797. The van der Waals surface area contributed by atoms with Crippen molar-refractivity contribution in [1.82, 2.24) is 0 Å². The molecule has 3 heteroatoms. The highest BCUT2D eigenvalue weighted by atomic mass is 35.5. The van der Waals surface area contributed by atoms with Crippen LogP contribution in [0.2, 0.25) is 5.02 Å². The highest BCUT2D eigenvalue weighted by Gasteiger charge is 2.12. The van der Waals surface area contributed by atoms with Crippen molar-refractivity contribution in [1.29, 1.82) is 0 Å². The van der Waals surface area contributed by atoms with E-state index in [1.165, 1.54) is 4.90 Å². The molecule has 1 atom stereocenters. The van der Waals surface area contributed by atoms with Crippen LogP contribution in [0, 0.1) is 0 Å². The smallest absolute Gasteiger partial charge is 0.0464 e. The second-order valence-corrected chi connectivity index (χ2v) is 5.63. The predicted molar refractivity (Wildman–Crippen MR) is 65.0 cm³/mol. The van der Waals surface area contributed by atoms with Crippen LogP contribution >= 0.6 is 23.4 Å². The first-order valence-corrected chi connectivity index (χ1v) is 5.98. The van der Waals surface area contributed by atoms with E-state index in [0.29, 0.717) is 5.25 Å². The van der Waals surface area contributed by atoms with Crippen LogP contribution in [0.15, 0.2) is 23.1 Å². The van der Waals surface area contributed by atoms with Gasteiger partial charge < -0.3 is 5.73 Å². The maximum atomic E-state index is 6.11. The molecule has 1 aromatic carbocycles. The minimum Gasteiger partial charge on any atom is -0.324 e. The molecular formula is C11H16ClNS. The summed E-state index contributed by atoms with van der Waals surface area (Å²) in [6.07, 6.45) is 0. The van der Waals surface area contributed by atoms with Gasteiger partial charge in [-0.2, -0.15) is 0 Å². The van der Waals surface area contributed by atoms with Crippen LogP contribution in [0.4, 0.5) is 0 Å². The first-order valence-electron chi connectivity index (χ1n) is 4.73. The molecule has 0 bridgehead atoms. The zero-order valence-electron chi connectivity index (χ0n) is 8.75. The monoisotopic (exact) mass is 229 g/mol. The van der Waals surface area contributed by atoms with Crippen LogP contribution in [-0.2, 0) is 0 Å². The number of nitrogens with two attached hydrogens (primary N) is 1. The molecule has 0 radical (unpaired) electrons. The van der Waals surface area contributed by atoms with E-state index in [1.807, 2.05) is 19.1 Å². The number of benzene rings is 1. The number of halogens is 1. The molecule has 2 N–H and O–H groups in total. The fraction of sp³-hybridized carbons (Fsp3) is 0.455. The summed E-state index contributed by atoms with van der Waals surface area (Å²) in [5, 5.41) is 1.32. The van der Waals surface area contributed by atoms with Crippen molar-refractivity contribution in [2.24, 2.45) is 5.73 Å². The number of thioether (sulfide) groups is 1. The highest BCUT2D eigenvalue weighted by Crippen LogP contribution is 2.34. The summed E-state index contributed by atoms with van der Waals surface area (Å²) < 4.78 is 0. The quantitative estimate of drug-likeness (QED) is 0.797. The first kappa shape index (κ1) is 11.9. The standard InChI is InChI=1S/C11H16ClNS/c1-7(2)14-10-6-4-5-9(12)11(10)8(3)13/h4-8H,13H2,1-3H3/t8-/m0/s1. The molecule has 78 valence electrons. The van der Waals surface area contributed by atoms with E-state index in [1.54, 1.807) is 11.8 Å². The highest BCUT2D eigenvalue weighted by molar-refractivity contribution is 8.00. The molecule has 0 aliphatic heterocycles. The molecule has 0 saturated carbocycles. The van der Waals surface area contributed by atoms with Crippen LogP contribution in [0.3, 0.4) is 0 Å². The average molecular weight is 230 g/mol. The predicted octanol–water partition coefficient (Wildman–Crippen LogP) is 3.86. The molecule has 0 amide bonds. The second-order valence-electron chi connectivity index (χ2n) is 3.61. The summed E-state index contributed by atoms with van der Waals surface area (Å²) in [6, 6.07) is 5.93. The molecular weight excluding hydrogens is 214 g/mol. The summed E-state index contributed by atoms with van der Waals surface area (Å²) in [5.41, 5.74) is 6.96. The summed E-state index contributed by atoms with van der Waals surface area (Å²) in [5.74, 6) is 0. The van der Waals surface area contributed by atoms with Crippen molar-refractivity contribution >= 4 is 23.4 Å². The summed E-state index contributed by atoms with van der Waals surface area (Å²) in [7, 11) is 0.